The molecule has 13 heavy (non-hydrogen) atoms. The van der Waals surface area contributed by atoms with Gasteiger partial charge in [0.05, 0.1) is 11.9 Å². The predicted molar refractivity (Wildman–Crippen MR) is 51.3 cm³/mol. The molecule has 0 aromatic carbocycles. The minimum Gasteiger partial charge on any atom is -0.391 e. The van der Waals surface area contributed by atoms with E-state index >= 15 is 0 Å². The lowest BCUT2D eigenvalue weighted by atomic mass is 10.1. The summed E-state index contributed by atoms with van der Waals surface area (Å²) in [5.41, 5.74) is 0. The number of aliphatic hydroxyl groups excluding tert-OH is 1. The molecular formula is C7H14ClNO3S. The number of sulfonamides is 1. The summed E-state index contributed by atoms with van der Waals surface area (Å²) in [6, 6.07) is 0. The maximum Gasteiger partial charge on any atom is 0.215 e. The third-order valence-electron chi connectivity index (χ3n) is 2.27. The summed E-state index contributed by atoms with van der Waals surface area (Å²) < 4.78 is 24.2. The van der Waals surface area contributed by atoms with E-state index in [4.69, 9.17) is 11.6 Å². The van der Waals surface area contributed by atoms with Crippen molar-refractivity contribution in [3.8, 4) is 0 Å². The van der Waals surface area contributed by atoms with E-state index < -0.39 is 16.1 Å². The van der Waals surface area contributed by atoms with E-state index in [0.29, 0.717) is 6.54 Å². The largest absolute Gasteiger partial charge is 0.391 e. The van der Waals surface area contributed by atoms with E-state index in [2.05, 4.69) is 0 Å². The Labute approximate surface area is 83.5 Å². The summed E-state index contributed by atoms with van der Waals surface area (Å²) in [5.74, 6) is 0.0715. The van der Waals surface area contributed by atoms with Crippen LogP contribution in [0.4, 0.5) is 0 Å². The highest BCUT2D eigenvalue weighted by Crippen LogP contribution is 2.19. The third kappa shape index (κ3) is 2.56. The van der Waals surface area contributed by atoms with Gasteiger partial charge in [0, 0.05) is 19.0 Å². The SMILES string of the molecule is CC1CN(S(=O)(=O)CCCl)CC1O. The molecule has 0 aromatic heterocycles. The topological polar surface area (TPSA) is 57.6 Å². The summed E-state index contributed by atoms with van der Waals surface area (Å²) in [6.45, 7) is 2.45. The Kier molecular flexibility index (Phi) is 3.57. The minimum absolute atomic E-state index is 0.0186. The minimum atomic E-state index is -3.23. The third-order valence-corrected chi connectivity index (χ3v) is 4.49. The molecule has 0 amide bonds. The van der Waals surface area contributed by atoms with Crippen LogP contribution in [-0.4, -0.2) is 48.7 Å². The zero-order valence-electron chi connectivity index (χ0n) is 7.48. The molecular weight excluding hydrogens is 214 g/mol. The van der Waals surface area contributed by atoms with Gasteiger partial charge in [0.25, 0.3) is 0 Å². The van der Waals surface area contributed by atoms with Gasteiger partial charge in [-0.3, -0.25) is 0 Å². The molecule has 0 saturated carbocycles. The fourth-order valence-corrected chi connectivity index (χ4v) is 3.24. The Hall–Kier alpha value is 0.160. The maximum atomic E-state index is 11.5. The summed E-state index contributed by atoms with van der Waals surface area (Å²) in [4.78, 5) is 0. The van der Waals surface area contributed by atoms with Crippen molar-refractivity contribution in [1.29, 1.82) is 0 Å². The van der Waals surface area contributed by atoms with Gasteiger partial charge >= 0.3 is 0 Å². The van der Waals surface area contributed by atoms with E-state index in [1.807, 2.05) is 6.92 Å². The molecule has 1 fully saturated rings. The molecule has 4 nitrogen and oxygen atoms in total. The number of nitrogens with zero attached hydrogens (tertiary/aromatic N) is 1. The summed E-state index contributed by atoms with van der Waals surface area (Å²) in [5, 5.41) is 9.36. The molecule has 2 unspecified atom stereocenters. The molecule has 0 radical (unpaired) electrons. The molecule has 2 atom stereocenters. The normalized spacial score (nSPS) is 31.0. The van der Waals surface area contributed by atoms with Crippen molar-refractivity contribution in [2.75, 3.05) is 24.7 Å². The van der Waals surface area contributed by atoms with E-state index in [9.17, 15) is 13.5 Å². The van der Waals surface area contributed by atoms with Gasteiger partial charge in [-0.1, -0.05) is 6.92 Å². The number of halogens is 1. The van der Waals surface area contributed by atoms with E-state index in [1.54, 1.807) is 0 Å². The van der Waals surface area contributed by atoms with Crippen LogP contribution in [0.1, 0.15) is 6.92 Å². The lowest BCUT2D eigenvalue weighted by molar-refractivity contribution is 0.153. The molecule has 0 bridgehead atoms. The van der Waals surface area contributed by atoms with Crippen LogP contribution in [0.15, 0.2) is 0 Å². The average Bonchev–Trinajstić information content (AvgIpc) is 2.33. The molecule has 1 aliphatic heterocycles. The van der Waals surface area contributed by atoms with Crippen LogP contribution >= 0.6 is 11.6 Å². The Morgan fingerprint density at radius 1 is 1.54 bits per heavy atom. The predicted octanol–water partition coefficient (Wildman–Crippen LogP) is -0.132. The lowest BCUT2D eigenvalue weighted by Gasteiger charge is -2.14. The van der Waals surface area contributed by atoms with Gasteiger partial charge in [0.2, 0.25) is 10.0 Å². The van der Waals surface area contributed by atoms with Crippen LogP contribution < -0.4 is 0 Å². The van der Waals surface area contributed by atoms with Crippen LogP contribution in [0.25, 0.3) is 0 Å². The molecule has 1 N–H and O–H groups in total. The number of alkyl halides is 1. The van der Waals surface area contributed by atoms with Crippen LogP contribution in [0, 0.1) is 5.92 Å². The Morgan fingerprint density at radius 2 is 2.15 bits per heavy atom. The smallest absolute Gasteiger partial charge is 0.215 e. The van der Waals surface area contributed by atoms with E-state index in [-0.39, 0.29) is 24.1 Å². The first kappa shape index (κ1) is 11.2. The van der Waals surface area contributed by atoms with Gasteiger partial charge in [-0.2, -0.15) is 4.31 Å². The van der Waals surface area contributed by atoms with Crippen molar-refractivity contribution in [3.63, 3.8) is 0 Å². The lowest BCUT2D eigenvalue weighted by Crippen LogP contribution is -2.32. The van der Waals surface area contributed by atoms with Gasteiger partial charge in [-0.05, 0) is 5.92 Å². The highest BCUT2D eigenvalue weighted by Gasteiger charge is 2.34. The zero-order valence-corrected chi connectivity index (χ0v) is 9.05. The molecule has 1 rings (SSSR count). The highest BCUT2D eigenvalue weighted by molar-refractivity contribution is 7.89. The number of hydrogen-bond donors (Lipinski definition) is 1. The Balaban J connectivity index is 2.65. The van der Waals surface area contributed by atoms with Gasteiger partial charge in [0.1, 0.15) is 0 Å². The van der Waals surface area contributed by atoms with Crippen molar-refractivity contribution in [1.82, 2.24) is 4.31 Å². The summed E-state index contributed by atoms with van der Waals surface area (Å²) in [7, 11) is -3.23. The molecule has 0 spiro atoms. The van der Waals surface area contributed by atoms with Crippen LogP contribution in [0.3, 0.4) is 0 Å². The van der Waals surface area contributed by atoms with E-state index in [1.165, 1.54) is 4.31 Å². The summed E-state index contributed by atoms with van der Waals surface area (Å²) >= 11 is 5.37. The van der Waals surface area contributed by atoms with Gasteiger partial charge < -0.3 is 5.11 Å². The molecule has 1 heterocycles. The second-order valence-corrected chi connectivity index (χ2v) is 5.83. The van der Waals surface area contributed by atoms with E-state index in [0.717, 1.165) is 0 Å². The maximum absolute atomic E-state index is 11.5. The van der Waals surface area contributed by atoms with Crippen molar-refractivity contribution < 1.29 is 13.5 Å². The molecule has 6 heteroatoms. The Morgan fingerprint density at radius 3 is 2.54 bits per heavy atom. The fraction of sp³-hybridized carbons (Fsp3) is 1.00. The van der Waals surface area contributed by atoms with Crippen molar-refractivity contribution >= 4 is 21.6 Å². The quantitative estimate of drug-likeness (QED) is 0.684. The first-order valence-corrected chi connectivity index (χ1v) is 6.33. The Bertz CT molecular complexity index is 257. The number of aliphatic hydroxyl groups is 1. The molecule has 1 aliphatic rings. The van der Waals surface area contributed by atoms with Crippen LogP contribution in [0.5, 0.6) is 0 Å². The summed E-state index contributed by atoms with van der Waals surface area (Å²) in [6.07, 6.45) is -0.537. The zero-order chi connectivity index (χ0) is 10.1. The molecule has 0 aromatic rings. The van der Waals surface area contributed by atoms with Gasteiger partial charge in [-0.15, -0.1) is 11.6 Å². The van der Waals surface area contributed by atoms with Gasteiger partial charge in [0.15, 0.2) is 0 Å². The molecule has 0 aliphatic carbocycles. The second kappa shape index (κ2) is 4.13. The fourth-order valence-electron chi connectivity index (χ4n) is 1.36. The number of hydrogen-bond acceptors (Lipinski definition) is 3. The van der Waals surface area contributed by atoms with Crippen LogP contribution in [0.2, 0.25) is 0 Å². The first-order valence-electron chi connectivity index (χ1n) is 4.19. The van der Waals surface area contributed by atoms with Crippen LogP contribution in [-0.2, 0) is 10.0 Å². The standard InChI is InChI=1S/C7H14ClNO3S/c1-6-4-9(5-7(6)10)13(11,12)3-2-8/h6-7,10H,2-5H2,1H3. The van der Waals surface area contributed by atoms with Crippen molar-refractivity contribution in [2.45, 2.75) is 13.0 Å². The highest BCUT2D eigenvalue weighted by atomic mass is 35.5. The second-order valence-electron chi connectivity index (χ2n) is 3.37. The van der Waals surface area contributed by atoms with Gasteiger partial charge in [-0.25, -0.2) is 8.42 Å². The van der Waals surface area contributed by atoms with Crippen molar-refractivity contribution in [3.05, 3.63) is 0 Å². The average molecular weight is 228 g/mol. The first-order chi connectivity index (χ1) is 5.97. The molecule has 1 saturated heterocycles. The number of β-amino-alcohol motifs (C(OH)–C–C–N with tert-alkyl or cyclic N) is 1. The van der Waals surface area contributed by atoms with Crippen molar-refractivity contribution in [2.24, 2.45) is 5.92 Å². The molecule has 78 valence electrons. The monoisotopic (exact) mass is 227 g/mol. The number of rotatable bonds is 3.